The number of carbonyl (C=O) groups is 1. The van der Waals surface area contributed by atoms with E-state index in [1.165, 1.54) is 4.90 Å². The molecule has 2 heterocycles. The summed E-state index contributed by atoms with van der Waals surface area (Å²) in [7, 11) is 0. The maximum absolute atomic E-state index is 12.8. The Kier molecular flexibility index (Phi) is 4.71. The molecule has 142 valence electrons. The molecular formula is C22H20N2O4. The molecular weight excluding hydrogens is 356 g/mol. The van der Waals surface area contributed by atoms with E-state index in [0.29, 0.717) is 17.5 Å². The van der Waals surface area contributed by atoms with Crippen LogP contribution in [0.25, 0.3) is 22.0 Å². The summed E-state index contributed by atoms with van der Waals surface area (Å²) in [6.45, 7) is 3.82. The standard InChI is InChI=1S/C22H20N2O4/c1-2-5-14-6-3-4-7-18(14)20-10-15-8-9-16(11-19(15)21(26)23-20)24-12-17(13-25)28-22(24)27/h2-4,6-11,17,25H,1,5,12-13H2,(H,23,26)/t17-/m1/s1. The number of nitrogens with zero attached hydrogens (tertiary/aromatic N) is 1. The van der Waals surface area contributed by atoms with E-state index >= 15 is 0 Å². The first-order valence-electron chi connectivity index (χ1n) is 9.06. The Bertz CT molecular complexity index is 1120. The maximum atomic E-state index is 12.8. The minimum Gasteiger partial charge on any atom is -0.441 e. The molecule has 1 fully saturated rings. The molecule has 28 heavy (non-hydrogen) atoms. The highest BCUT2D eigenvalue weighted by Gasteiger charge is 2.31. The van der Waals surface area contributed by atoms with E-state index in [-0.39, 0.29) is 18.7 Å². The number of ether oxygens (including phenoxy) is 1. The number of H-pyrrole nitrogens is 1. The van der Waals surface area contributed by atoms with Gasteiger partial charge in [-0.2, -0.15) is 0 Å². The summed E-state index contributed by atoms with van der Waals surface area (Å²) < 4.78 is 5.08. The topological polar surface area (TPSA) is 82.6 Å². The van der Waals surface area contributed by atoms with Gasteiger partial charge in [-0.3, -0.25) is 9.69 Å². The van der Waals surface area contributed by atoms with Gasteiger partial charge < -0.3 is 14.8 Å². The van der Waals surface area contributed by atoms with Crippen LogP contribution in [0.5, 0.6) is 0 Å². The van der Waals surface area contributed by atoms with Crippen LogP contribution in [0.2, 0.25) is 0 Å². The van der Waals surface area contributed by atoms with Crippen molar-refractivity contribution in [1.82, 2.24) is 4.98 Å². The fourth-order valence-electron chi connectivity index (χ4n) is 3.51. The number of aromatic amines is 1. The number of aromatic nitrogens is 1. The summed E-state index contributed by atoms with van der Waals surface area (Å²) in [6.07, 6.45) is 1.46. The highest BCUT2D eigenvalue weighted by Crippen LogP contribution is 2.28. The molecule has 0 radical (unpaired) electrons. The molecule has 1 aliphatic rings. The number of anilines is 1. The fourth-order valence-corrected chi connectivity index (χ4v) is 3.51. The van der Waals surface area contributed by atoms with E-state index in [2.05, 4.69) is 11.6 Å². The van der Waals surface area contributed by atoms with E-state index in [0.717, 1.165) is 22.2 Å². The average molecular weight is 376 g/mol. The zero-order valence-electron chi connectivity index (χ0n) is 15.2. The summed E-state index contributed by atoms with van der Waals surface area (Å²) in [4.78, 5) is 29.1. The highest BCUT2D eigenvalue weighted by molar-refractivity contribution is 5.94. The third kappa shape index (κ3) is 3.18. The van der Waals surface area contributed by atoms with E-state index in [9.17, 15) is 14.7 Å². The van der Waals surface area contributed by atoms with Crippen LogP contribution < -0.4 is 10.5 Å². The van der Waals surface area contributed by atoms with Gasteiger partial charge in [0.15, 0.2) is 0 Å². The molecule has 2 N–H and O–H groups in total. The van der Waals surface area contributed by atoms with Gasteiger partial charge in [-0.1, -0.05) is 36.4 Å². The van der Waals surface area contributed by atoms with Crippen LogP contribution in [0.1, 0.15) is 5.56 Å². The number of carbonyl (C=O) groups excluding carboxylic acids is 1. The third-order valence-corrected chi connectivity index (χ3v) is 4.89. The molecule has 1 atom stereocenters. The largest absolute Gasteiger partial charge is 0.441 e. The lowest BCUT2D eigenvalue weighted by Crippen LogP contribution is -2.25. The molecule has 0 unspecified atom stereocenters. The molecule has 0 spiro atoms. The molecule has 1 saturated heterocycles. The quantitative estimate of drug-likeness (QED) is 0.670. The summed E-state index contributed by atoms with van der Waals surface area (Å²) >= 11 is 0. The monoisotopic (exact) mass is 376 g/mol. The van der Waals surface area contributed by atoms with Crippen molar-refractivity contribution >= 4 is 22.6 Å². The van der Waals surface area contributed by atoms with Gasteiger partial charge in [0.1, 0.15) is 6.10 Å². The minimum atomic E-state index is -0.551. The first kappa shape index (κ1) is 18.0. The first-order valence-corrected chi connectivity index (χ1v) is 9.06. The van der Waals surface area contributed by atoms with Crippen molar-refractivity contribution in [3.05, 3.63) is 77.1 Å². The Hall–Kier alpha value is -3.38. The first-order chi connectivity index (χ1) is 13.6. The molecule has 2 aromatic carbocycles. The molecule has 0 aliphatic carbocycles. The number of benzene rings is 2. The summed E-state index contributed by atoms with van der Waals surface area (Å²) in [5.41, 5.74) is 3.12. The normalized spacial score (nSPS) is 16.4. The number of hydrogen-bond donors (Lipinski definition) is 2. The Morgan fingerprint density at radius 2 is 2.04 bits per heavy atom. The second kappa shape index (κ2) is 7.32. The number of aliphatic hydroxyl groups is 1. The van der Waals surface area contributed by atoms with Gasteiger partial charge in [-0.05, 0) is 35.6 Å². The number of aliphatic hydroxyl groups excluding tert-OH is 1. The van der Waals surface area contributed by atoms with Gasteiger partial charge in [0.2, 0.25) is 0 Å². The minimum absolute atomic E-state index is 0.228. The molecule has 1 amide bonds. The van der Waals surface area contributed by atoms with Gasteiger partial charge in [0.05, 0.1) is 13.2 Å². The SMILES string of the molecule is C=CCc1ccccc1-c1cc2ccc(N3C[C@H](CO)OC3=O)cc2c(=O)[nH]1. The number of nitrogens with one attached hydrogen (secondary N) is 1. The molecule has 4 rings (SSSR count). The molecule has 1 aliphatic heterocycles. The Labute approximate surface area is 161 Å². The zero-order valence-corrected chi connectivity index (χ0v) is 15.2. The number of cyclic esters (lactones) is 1. The van der Waals surface area contributed by atoms with Crippen molar-refractivity contribution in [1.29, 1.82) is 0 Å². The van der Waals surface area contributed by atoms with Crippen LogP contribution in [0.15, 0.2) is 66.0 Å². The lowest BCUT2D eigenvalue weighted by molar-refractivity contribution is 0.0963. The van der Waals surface area contributed by atoms with Crippen LogP contribution in [-0.4, -0.2) is 35.4 Å². The number of pyridine rings is 1. The molecule has 6 nitrogen and oxygen atoms in total. The van der Waals surface area contributed by atoms with Crippen molar-refractivity contribution in [3.8, 4) is 11.3 Å². The van der Waals surface area contributed by atoms with Crippen molar-refractivity contribution in [3.63, 3.8) is 0 Å². The van der Waals surface area contributed by atoms with Crippen LogP contribution in [0, 0.1) is 0 Å². The Morgan fingerprint density at radius 3 is 2.79 bits per heavy atom. The van der Waals surface area contributed by atoms with E-state index in [1.807, 2.05) is 42.5 Å². The Morgan fingerprint density at radius 1 is 1.21 bits per heavy atom. The number of allylic oxidation sites excluding steroid dienone is 1. The highest BCUT2D eigenvalue weighted by atomic mass is 16.6. The number of amides is 1. The third-order valence-electron chi connectivity index (χ3n) is 4.89. The average Bonchev–Trinajstić information content (AvgIpc) is 3.09. The van der Waals surface area contributed by atoms with Crippen LogP contribution in [-0.2, 0) is 11.2 Å². The van der Waals surface area contributed by atoms with E-state index in [1.54, 1.807) is 12.1 Å². The van der Waals surface area contributed by atoms with Gasteiger partial charge >= 0.3 is 6.09 Å². The number of fused-ring (bicyclic) bond motifs is 1. The van der Waals surface area contributed by atoms with E-state index in [4.69, 9.17) is 4.74 Å². The van der Waals surface area contributed by atoms with Gasteiger partial charge in [-0.15, -0.1) is 6.58 Å². The predicted octanol–water partition coefficient (Wildman–Crippen LogP) is 3.24. The lowest BCUT2D eigenvalue weighted by Gasteiger charge is -2.14. The van der Waals surface area contributed by atoms with Crippen molar-refractivity contribution in [2.24, 2.45) is 0 Å². The van der Waals surface area contributed by atoms with Crippen LogP contribution in [0.4, 0.5) is 10.5 Å². The number of hydrogen-bond acceptors (Lipinski definition) is 4. The van der Waals surface area contributed by atoms with Gasteiger partial charge in [0.25, 0.3) is 5.56 Å². The van der Waals surface area contributed by atoms with Crippen molar-refractivity contribution < 1.29 is 14.6 Å². The summed E-state index contributed by atoms with van der Waals surface area (Å²) in [5.74, 6) is 0. The van der Waals surface area contributed by atoms with Crippen molar-refractivity contribution in [2.75, 3.05) is 18.1 Å². The van der Waals surface area contributed by atoms with Crippen LogP contribution in [0.3, 0.4) is 0 Å². The maximum Gasteiger partial charge on any atom is 0.414 e. The molecule has 6 heteroatoms. The molecule has 0 bridgehead atoms. The molecule has 1 aromatic heterocycles. The Balaban J connectivity index is 1.77. The summed E-state index contributed by atoms with van der Waals surface area (Å²) in [6, 6.07) is 15.1. The van der Waals surface area contributed by atoms with Crippen molar-refractivity contribution in [2.45, 2.75) is 12.5 Å². The van der Waals surface area contributed by atoms with Gasteiger partial charge in [0, 0.05) is 22.3 Å². The predicted molar refractivity (Wildman–Crippen MR) is 109 cm³/mol. The lowest BCUT2D eigenvalue weighted by atomic mass is 10.00. The zero-order chi connectivity index (χ0) is 19.7. The molecule has 0 saturated carbocycles. The number of rotatable bonds is 5. The van der Waals surface area contributed by atoms with Crippen LogP contribution >= 0.6 is 0 Å². The van der Waals surface area contributed by atoms with Gasteiger partial charge in [-0.25, -0.2) is 4.79 Å². The second-order valence-corrected chi connectivity index (χ2v) is 6.73. The smallest absolute Gasteiger partial charge is 0.414 e. The van der Waals surface area contributed by atoms with E-state index < -0.39 is 12.2 Å². The molecule has 3 aromatic rings. The second-order valence-electron chi connectivity index (χ2n) is 6.73. The fraction of sp³-hybridized carbons (Fsp3) is 0.182. The summed E-state index contributed by atoms with van der Waals surface area (Å²) in [5, 5.41) is 10.5.